The number of phenolic OH excluding ortho intramolecular Hbond substituents is 1. The SMILES string of the molecule is Oc1ccc(-c2ncc(Br)c(Cl)n2)cc1F. The van der Waals surface area contributed by atoms with E-state index in [-0.39, 0.29) is 5.15 Å². The first-order valence-electron chi connectivity index (χ1n) is 4.25. The van der Waals surface area contributed by atoms with E-state index in [1.165, 1.54) is 18.3 Å². The van der Waals surface area contributed by atoms with E-state index in [9.17, 15) is 4.39 Å². The van der Waals surface area contributed by atoms with E-state index >= 15 is 0 Å². The molecule has 0 saturated heterocycles. The highest BCUT2D eigenvalue weighted by molar-refractivity contribution is 9.10. The highest BCUT2D eigenvalue weighted by Gasteiger charge is 2.08. The molecule has 0 spiro atoms. The lowest BCUT2D eigenvalue weighted by molar-refractivity contribution is 0.432. The van der Waals surface area contributed by atoms with Gasteiger partial charge in [0.15, 0.2) is 17.4 Å². The first-order valence-corrected chi connectivity index (χ1v) is 5.42. The molecule has 1 heterocycles. The first kappa shape index (κ1) is 11.3. The highest BCUT2D eigenvalue weighted by atomic mass is 79.9. The lowest BCUT2D eigenvalue weighted by Gasteiger charge is -2.02. The smallest absolute Gasteiger partial charge is 0.165 e. The van der Waals surface area contributed by atoms with Crippen LogP contribution in [-0.2, 0) is 0 Å². The molecule has 0 saturated carbocycles. The van der Waals surface area contributed by atoms with Gasteiger partial charge in [-0.25, -0.2) is 14.4 Å². The van der Waals surface area contributed by atoms with E-state index in [1.54, 1.807) is 0 Å². The minimum absolute atomic E-state index is 0.249. The summed E-state index contributed by atoms with van der Waals surface area (Å²) in [4.78, 5) is 7.96. The number of rotatable bonds is 1. The third-order valence-corrected chi connectivity index (χ3v) is 3.00. The van der Waals surface area contributed by atoms with Crippen LogP contribution in [0, 0.1) is 5.82 Å². The van der Waals surface area contributed by atoms with Gasteiger partial charge < -0.3 is 5.11 Å². The van der Waals surface area contributed by atoms with Gasteiger partial charge in [0.2, 0.25) is 0 Å². The van der Waals surface area contributed by atoms with Crippen LogP contribution in [0.2, 0.25) is 5.15 Å². The van der Waals surface area contributed by atoms with Crippen LogP contribution in [0.4, 0.5) is 4.39 Å². The predicted octanol–water partition coefficient (Wildman–Crippen LogP) is 3.40. The highest BCUT2D eigenvalue weighted by Crippen LogP contribution is 2.25. The maximum atomic E-state index is 13.1. The molecule has 1 aromatic carbocycles. The maximum Gasteiger partial charge on any atom is 0.165 e. The molecule has 2 rings (SSSR count). The van der Waals surface area contributed by atoms with Gasteiger partial charge in [0.1, 0.15) is 5.15 Å². The summed E-state index contributed by atoms with van der Waals surface area (Å²) in [5.41, 5.74) is 0.449. The molecule has 3 nitrogen and oxygen atoms in total. The molecule has 0 amide bonds. The molecule has 2 aromatic rings. The Morgan fingerprint density at radius 2 is 2.12 bits per heavy atom. The topological polar surface area (TPSA) is 46.0 Å². The van der Waals surface area contributed by atoms with Crippen molar-refractivity contribution in [1.82, 2.24) is 9.97 Å². The Hall–Kier alpha value is -1.20. The summed E-state index contributed by atoms with van der Waals surface area (Å²) < 4.78 is 13.7. The van der Waals surface area contributed by atoms with Gasteiger partial charge in [0.05, 0.1) is 4.47 Å². The molecule has 0 fully saturated rings. The van der Waals surface area contributed by atoms with Gasteiger partial charge in [-0.2, -0.15) is 0 Å². The summed E-state index contributed by atoms with van der Waals surface area (Å²) in [7, 11) is 0. The number of benzene rings is 1. The summed E-state index contributed by atoms with van der Waals surface area (Å²) in [5.74, 6) is -0.834. The molecule has 0 atom stereocenters. The summed E-state index contributed by atoms with van der Waals surface area (Å²) in [6.45, 7) is 0. The Kier molecular flexibility index (Phi) is 3.07. The number of halogens is 3. The second-order valence-corrected chi connectivity index (χ2v) is 4.21. The fourth-order valence-electron chi connectivity index (χ4n) is 1.13. The number of phenols is 1. The lowest BCUT2D eigenvalue weighted by atomic mass is 10.2. The standard InChI is InChI=1S/C10H5BrClFN2O/c11-6-4-14-10(15-9(6)12)5-1-2-8(16)7(13)3-5/h1-4,16H. The molecule has 1 N–H and O–H groups in total. The predicted molar refractivity (Wildman–Crippen MR) is 61.8 cm³/mol. The minimum atomic E-state index is -0.722. The van der Waals surface area contributed by atoms with Crippen molar-refractivity contribution in [2.75, 3.05) is 0 Å². The molecule has 0 aliphatic rings. The number of hydrogen-bond donors (Lipinski definition) is 1. The third-order valence-electron chi connectivity index (χ3n) is 1.91. The van der Waals surface area contributed by atoms with Crippen molar-refractivity contribution in [1.29, 1.82) is 0 Å². The van der Waals surface area contributed by atoms with E-state index in [2.05, 4.69) is 25.9 Å². The molecule has 16 heavy (non-hydrogen) atoms. The second kappa shape index (κ2) is 4.35. The molecule has 0 aliphatic carbocycles. The number of hydrogen-bond acceptors (Lipinski definition) is 3. The van der Waals surface area contributed by atoms with Crippen molar-refractivity contribution < 1.29 is 9.50 Å². The van der Waals surface area contributed by atoms with Crippen LogP contribution in [0.15, 0.2) is 28.9 Å². The van der Waals surface area contributed by atoms with Crippen LogP contribution in [0.1, 0.15) is 0 Å². The Balaban J connectivity index is 2.50. The van der Waals surface area contributed by atoms with Gasteiger partial charge in [-0.15, -0.1) is 0 Å². The molecule has 0 aliphatic heterocycles. The summed E-state index contributed by atoms with van der Waals surface area (Å²) in [6.07, 6.45) is 1.48. The van der Waals surface area contributed by atoms with Gasteiger partial charge in [-0.3, -0.25) is 0 Å². The van der Waals surface area contributed by atoms with Gasteiger partial charge in [-0.05, 0) is 34.1 Å². The van der Waals surface area contributed by atoms with Gasteiger partial charge in [0.25, 0.3) is 0 Å². The van der Waals surface area contributed by atoms with Crippen LogP contribution in [0.25, 0.3) is 11.4 Å². The van der Waals surface area contributed by atoms with Crippen molar-refractivity contribution in [3.8, 4) is 17.1 Å². The Bertz CT molecular complexity index is 501. The monoisotopic (exact) mass is 302 g/mol. The van der Waals surface area contributed by atoms with E-state index in [4.69, 9.17) is 16.7 Å². The molecule has 0 bridgehead atoms. The normalized spacial score (nSPS) is 10.4. The molecule has 1 aromatic heterocycles. The average molecular weight is 304 g/mol. The fraction of sp³-hybridized carbons (Fsp3) is 0. The molecule has 0 unspecified atom stereocenters. The van der Waals surface area contributed by atoms with E-state index in [0.29, 0.717) is 15.9 Å². The zero-order valence-electron chi connectivity index (χ0n) is 7.78. The Labute approximate surface area is 104 Å². The molecular weight excluding hydrogens is 298 g/mol. The molecular formula is C10H5BrClFN2O. The van der Waals surface area contributed by atoms with Crippen molar-refractivity contribution in [3.63, 3.8) is 0 Å². The largest absolute Gasteiger partial charge is 0.505 e. The van der Waals surface area contributed by atoms with Crippen LogP contribution in [-0.4, -0.2) is 15.1 Å². The van der Waals surface area contributed by atoms with Crippen LogP contribution >= 0.6 is 27.5 Å². The van der Waals surface area contributed by atoms with E-state index in [0.717, 1.165) is 6.07 Å². The van der Waals surface area contributed by atoms with Crippen LogP contribution in [0.5, 0.6) is 5.75 Å². The Morgan fingerprint density at radius 3 is 2.75 bits per heavy atom. The van der Waals surface area contributed by atoms with E-state index in [1.807, 2.05) is 0 Å². The minimum Gasteiger partial charge on any atom is -0.505 e. The van der Waals surface area contributed by atoms with Gasteiger partial charge in [-0.1, -0.05) is 11.6 Å². The van der Waals surface area contributed by atoms with Crippen molar-refractivity contribution in [2.45, 2.75) is 0 Å². The summed E-state index contributed by atoms with van der Waals surface area (Å²) in [6, 6.07) is 3.90. The van der Waals surface area contributed by atoms with Crippen molar-refractivity contribution in [2.24, 2.45) is 0 Å². The number of aromatic hydroxyl groups is 1. The zero-order valence-corrected chi connectivity index (χ0v) is 10.1. The first-order chi connectivity index (χ1) is 7.58. The van der Waals surface area contributed by atoms with Crippen molar-refractivity contribution in [3.05, 3.63) is 39.8 Å². The molecule has 0 radical (unpaired) electrons. The second-order valence-electron chi connectivity index (χ2n) is 3.00. The fourth-order valence-corrected chi connectivity index (χ4v) is 1.45. The number of nitrogens with zero attached hydrogens (tertiary/aromatic N) is 2. The Morgan fingerprint density at radius 1 is 1.38 bits per heavy atom. The van der Waals surface area contributed by atoms with Crippen LogP contribution < -0.4 is 0 Å². The average Bonchev–Trinajstić information content (AvgIpc) is 2.26. The quantitative estimate of drug-likeness (QED) is 0.821. The summed E-state index contributed by atoms with van der Waals surface area (Å²) >= 11 is 8.95. The molecule has 82 valence electrons. The summed E-state index contributed by atoms with van der Waals surface area (Å²) in [5, 5.41) is 9.29. The lowest BCUT2D eigenvalue weighted by Crippen LogP contribution is -1.90. The third kappa shape index (κ3) is 2.15. The maximum absolute atomic E-state index is 13.1. The van der Waals surface area contributed by atoms with Crippen LogP contribution in [0.3, 0.4) is 0 Å². The zero-order chi connectivity index (χ0) is 11.7. The van der Waals surface area contributed by atoms with Gasteiger partial charge >= 0.3 is 0 Å². The van der Waals surface area contributed by atoms with Gasteiger partial charge in [0, 0.05) is 11.8 Å². The number of aromatic nitrogens is 2. The van der Waals surface area contributed by atoms with Crippen molar-refractivity contribution >= 4 is 27.5 Å². The molecule has 6 heteroatoms. The van der Waals surface area contributed by atoms with E-state index < -0.39 is 11.6 Å².